The number of piperidine rings is 2. The molecule has 118 valence electrons. The lowest BCUT2D eigenvalue weighted by atomic mass is 9.82. The van der Waals surface area contributed by atoms with Gasteiger partial charge in [-0.25, -0.2) is 4.98 Å². The van der Waals surface area contributed by atoms with E-state index in [1.165, 1.54) is 37.8 Å². The lowest BCUT2D eigenvalue weighted by Crippen LogP contribution is -2.54. The van der Waals surface area contributed by atoms with Crippen molar-refractivity contribution in [2.75, 3.05) is 26.0 Å². The summed E-state index contributed by atoms with van der Waals surface area (Å²) >= 11 is 0. The number of nitrogens with one attached hydrogen (secondary N) is 1. The zero-order chi connectivity index (χ0) is 15.0. The molecule has 0 aliphatic carbocycles. The number of anilines is 1. The van der Waals surface area contributed by atoms with Crippen LogP contribution < -0.4 is 10.2 Å². The Balaban J connectivity index is 1.58. The highest BCUT2D eigenvalue weighted by atomic mass is 15.3. The Labute approximate surface area is 128 Å². The maximum atomic E-state index is 4.49. The van der Waals surface area contributed by atoms with Crippen LogP contribution in [-0.2, 0) is 13.6 Å². The lowest BCUT2D eigenvalue weighted by molar-refractivity contribution is 0.0481. The van der Waals surface area contributed by atoms with Crippen LogP contribution in [0.5, 0.6) is 0 Å². The molecule has 2 aliphatic rings. The number of hydrogen-bond donors (Lipinski definition) is 1. The maximum absolute atomic E-state index is 4.49. The molecule has 1 aromatic heterocycles. The number of rotatable bonds is 4. The second kappa shape index (κ2) is 5.97. The molecule has 1 N–H and O–H groups in total. The average Bonchev–Trinajstić information content (AvgIpc) is 2.78. The topological polar surface area (TPSA) is 36.3 Å². The molecule has 3 heterocycles. The summed E-state index contributed by atoms with van der Waals surface area (Å²) in [7, 11) is 8.49. The minimum Gasteiger partial charge on any atom is -0.348 e. The molecule has 1 aromatic rings. The monoisotopic (exact) mass is 291 g/mol. The highest BCUT2D eigenvalue weighted by Crippen LogP contribution is 2.32. The lowest BCUT2D eigenvalue weighted by Gasteiger charge is -2.47. The first-order chi connectivity index (χ1) is 10.1. The van der Waals surface area contributed by atoms with Gasteiger partial charge in [-0.3, -0.25) is 0 Å². The fourth-order valence-electron chi connectivity index (χ4n) is 4.04. The molecule has 5 heteroatoms. The van der Waals surface area contributed by atoms with E-state index in [0.29, 0.717) is 6.04 Å². The molecule has 5 nitrogen and oxygen atoms in total. The van der Waals surface area contributed by atoms with E-state index in [2.05, 4.69) is 38.8 Å². The minimum absolute atomic E-state index is 0.661. The van der Waals surface area contributed by atoms with E-state index in [9.17, 15) is 0 Å². The summed E-state index contributed by atoms with van der Waals surface area (Å²) < 4.78 is 2.18. The van der Waals surface area contributed by atoms with Crippen molar-refractivity contribution in [1.29, 1.82) is 0 Å². The van der Waals surface area contributed by atoms with Crippen molar-refractivity contribution >= 4 is 5.95 Å². The van der Waals surface area contributed by atoms with E-state index in [-0.39, 0.29) is 0 Å². The quantitative estimate of drug-likeness (QED) is 0.914. The second-order valence-electron chi connectivity index (χ2n) is 6.96. The van der Waals surface area contributed by atoms with Crippen LogP contribution in [0.1, 0.15) is 37.8 Å². The van der Waals surface area contributed by atoms with Gasteiger partial charge in [-0.15, -0.1) is 0 Å². The maximum Gasteiger partial charge on any atom is 0.204 e. The molecule has 21 heavy (non-hydrogen) atoms. The molecular weight excluding hydrogens is 262 g/mol. The van der Waals surface area contributed by atoms with Crippen LogP contribution in [0.15, 0.2) is 6.20 Å². The number of imidazole rings is 1. The van der Waals surface area contributed by atoms with Gasteiger partial charge in [-0.2, -0.15) is 0 Å². The summed E-state index contributed by atoms with van der Waals surface area (Å²) in [5.74, 6) is 1.02. The molecule has 3 rings (SSSR count). The third-order valence-corrected chi connectivity index (χ3v) is 5.37. The zero-order valence-corrected chi connectivity index (χ0v) is 13.8. The van der Waals surface area contributed by atoms with Crippen LogP contribution in [0.3, 0.4) is 0 Å². The van der Waals surface area contributed by atoms with E-state index < -0.39 is 0 Å². The van der Waals surface area contributed by atoms with Gasteiger partial charge in [0.25, 0.3) is 0 Å². The van der Waals surface area contributed by atoms with E-state index >= 15 is 0 Å². The Hall–Kier alpha value is -1.07. The first kappa shape index (κ1) is 14.9. The molecule has 2 saturated heterocycles. The normalized spacial score (nSPS) is 29.6. The molecule has 0 saturated carbocycles. The fourth-order valence-corrected chi connectivity index (χ4v) is 4.04. The zero-order valence-electron chi connectivity index (χ0n) is 13.8. The first-order valence-corrected chi connectivity index (χ1v) is 8.19. The van der Waals surface area contributed by atoms with Gasteiger partial charge >= 0.3 is 0 Å². The van der Waals surface area contributed by atoms with Crippen LogP contribution >= 0.6 is 0 Å². The molecule has 2 aliphatic heterocycles. The van der Waals surface area contributed by atoms with Gasteiger partial charge in [-0.05, 0) is 32.7 Å². The summed E-state index contributed by atoms with van der Waals surface area (Å²) in [4.78, 5) is 9.17. The van der Waals surface area contributed by atoms with E-state index in [0.717, 1.165) is 24.6 Å². The van der Waals surface area contributed by atoms with Gasteiger partial charge in [0.05, 0.1) is 11.9 Å². The molecule has 0 spiro atoms. The van der Waals surface area contributed by atoms with Crippen molar-refractivity contribution in [2.45, 2.75) is 56.8 Å². The summed E-state index contributed by atoms with van der Waals surface area (Å²) in [6.45, 7) is 0.922. The third-order valence-electron chi connectivity index (χ3n) is 5.37. The van der Waals surface area contributed by atoms with Gasteiger partial charge in [-0.1, -0.05) is 6.42 Å². The fraction of sp³-hybridized carbons (Fsp3) is 0.812. The van der Waals surface area contributed by atoms with Gasteiger partial charge in [0, 0.05) is 45.8 Å². The van der Waals surface area contributed by atoms with Crippen molar-refractivity contribution in [1.82, 2.24) is 19.8 Å². The molecule has 0 amide bonds. The highest BCUT2D eigenvalue weighted by molar-refractivity contribution is 5.30. The van der Waals surface area contributed by atoms with Crippen molar-refractivity contribution in [2.24, 2.45) is 7.05 Å². The molecule has 2 atom stereocenters. The Kier molecular flexibility index (Phi) is 4.22. The molecule has 0 radical (unpaired) electrons. The Bertz CT molecular complexity index is 467. The predicted octanol–water partition coefficient (Wildman–Crippen LogP) is 1.59. The van der Waals surface area contributed by atoms with Crippen LogP contribution in [0.2, 0.25) is 0 Å². The predicted molar refractivity (Wildman–Crippen MR) is 86.6 cm³/mol. The standard InChI is InChI=1S/C16H29N5/c1-19(2)16-18-11-15(21(16)4)10-17-12-8-13-6-5-7-14(9-12)20(13)3/h11-14,17H,5-10H2,1-4H3. The van der Waals surface area contributed by atoms with Gasteiger partial charge in [0.1, 0.15) is 0 Å². The van der Waals surface area contributed by atoms with Crippen molar-refractivity contribution < 1.29 is 0 Å². The summed E-state index contributed by atoms with van der Waals surface area (Å²) in [6, 6.07) is 2.24. The van der Waals surface area contributed by atoms with Crippen molar-refractivity contribution in [3.63, 3.8) is 0 Å². The molecule has 2 unspecified atom stereocenters. The van der Waals surface area contributed by atoms with Gasteiger partial charge in [0.15, 0.2) is 0 Å². The number of aromatic nitrogens is 2. The summed E-state index contributed by atoms with van der Waals surface area (Å²) in [6.07, 6.45) is 8.76. The van der Waals surface area contributed by atoms with Crippen molar-refractivity contribution in [3.05, 3.63) is 11.9 Å². The SMILES string of the molecule is CN(C)c1ncc(CNC2CC3CCCC(C2)N3C)n1C. The van der Waals surface area contributed by atoms with Crippen molar-refractivity contribution in [3.8, 4) is 0 Å². The number of fused-ring (bicyclic) bond motifs is 2. The Morgan fingerprint density at radius 1 is 1.24 bits per heavy atom. The van der Waals surface area contributed by atoms with Gasteiger partial charge in [0.2, 0.25) is 5.95 Å². The summed E-state index contributed by atoms with van der Waals surface area (Å²) in [5.41, 5.74) is 1.27. The van der Waals surface area contributed by atoms with E-state index in [1.54, 1.807) is 0 Å². The summed E-state index contributed by atoms with van der Waals surface area (Å²) in [5, 5.41) is 3.77. The molecule has 0 aromatic carbocycles. The molecular formula is C16H29N5. The van der Waals surface area contributed by atoms with E-state index in [1.807, 2.05) is 20.3 Å². The van der Waals surface area contributed by atoms with Crippen LogP contribution in [0.25, 0.3) is 0 Å². The van der Waals surface area contributed by atoms with Gasteiger partial charge < -0.3 is 19.7 Å². The van der Waals surface area contributed by atoms with Crippen LogP contribution in [0, 0.1) is 0 Å². The molecule has 2 bridgehead atoms. The Morgan fingerprint density at radius 3 is 2.48 bits per heavy atom. The number of nitrogens with zero attached hydrogens (tertiary/aromatic N) is 4. The largest absolute Gasteiger partial charge is 0.348 e. The Morgan fingerprint density at radius 2 is 1.90 bits per heavy atom. The average molecular weight is 291 g/mol. The van der Waals surface area contributed by atoms with Crippen LogP contribution in [-0.4, -0.2) is 53.7 Å². The second-order valence-corrected chi connectivity index (χ2v) is 6.96. The number of hydrogen-bond acceptors (Lipinski definition) is 4. The molecule has 2 fully saturated rings. The van der Waals surface area contributed by atoms with Crippen LogP contribution in [0.4, 0.5) is 5.95 Å². The van der Waals surface area contributed by atoms with E-state index in [4.69, 9.17) is 0 Å². The minimum atomic E-state index is 0.661. The third kappa shape index (κ3) is 2.94. The smallest absolute Gasteiger partial charge is 0.204 e. The first-order valence-electron chi connectivity index (χ1n) is 8.19. The highest BCUT2D eigenvalue weighted by Gasteiger charge is 2.35.